The van der Waals surface area contributed by atoms with Gasteiger partial charge in [-0.25, -0.2) is 0 Å². The van der Waals surface area contributed by atoms with Crippen LogP contribution in [0.25, 0.3) is 11.1 Å². The van der Waals surface area contributed by atoms with E-state index in [-0.39, 0.29) is 12.0 Å². The van der Waals surface area contributed by atoms with Crippen LogP contribution >= 0.6 is 0 Å². The van der Waals surface area contributed by atoms with E-state index in [1.54, 1.807) is 12.1 Å². The first-order chi connectivity index (χ1) is 12.1. The first-order valence-corrected chi connectivity index (χ1v) is 8.36. The fraction of sp³-hybridized carbons (Fsp3) is 0.136. The summed E-state index contributed by atoms with van der Waals surface area (Å²) in [6, 6.07) is 25.0. The van der Waals surface area contributed by atoms with Gasteiger partial charge in [-0.2, -0.15) is 0 Å². The summed E-state index contributed by atoms with van der Waals surface area (Å²) in [5.74, 6) is 0.539. The molecule has 25 heavy (non-hydrogen) atoms. The molecular weight excluding hydrogens is 310 g/mol. The Morgan fingerprint density at radius 3 is 2.36 bits per heavy atom. The Morgan fingerprint density at radius 2 is 1.60 bits per heavy atom. The van der Waals surface area contributed by atoms with Crippen molar-refractivity contribution in [1.82, 2.24) is 0 Å². The highest BCUT2D eigenvalue weighted by Crippen LogP contribution is 2.28. The highest BCUT2D eigenvalue weighted by Gasteiger charge is 2.11. The number of carbonyl (C=O) groups excluding carboxylic acids is 1. The highest BCUT2D eigenvalue weighted by atomic mass is 16.5. The van der Waals surface area contributed by atoms with Crippen molar-refractivity contribution in [2.45, 2.75) is 20.0 Å². The van der Waals surface area contributed by atoms with Gasteiger partial charge < -0.3 is 10.1 Å². The van der Waals surface area contributed by atoms with Gasteiger partial charge in [-0.3, -0.25) is 4.79 Å². The Bertz CT molecular complexity index is 857. The molecule has 0 aromatic heterocycles. The molecule has 0 unspecified atom stereocenters. The largest absolute Gasteiger partial charge is 0.491 e. The van der Waals surface area contributed by atoms with Crippen LogP contribution in [-0.2, 0) is 0 Å². The number of carbonyl (C=O) groups is 1. The van der Waals surface area contributed by atoms with Crippen molar-refractivity contribution in [2.75, 3.05) is 5.32 Å². The van der Waals surface area contributed by atoms with Crippen molar-refractivity contribution < 1.29 is 9.53 Å². The Morgan fingerprint density at radius 1 is 0.880 bits per heavy atom. The number of rotatable bonds is 5. The van der Waals surface area contributed by atoms with E-state index in [1.807, 2.05) is 80.6 Å². The minimum Gasteiger partial charge on any atom is -0.491 e. The van der Waals surface area contributed by atoms with E-state index in [4.69, 9.17) is 4.74 Å². The second-order valence-corrected chi connectivity index (χ2v) is 6.06. The quantitative estimate of drug-likeness (QED) is 0.680. The van der Waals surface area contributed by atoms with Gasteiger partial charge in [0.1, 0.15) is 5.75 Å². The molecule has 0 bridgehead atoms. The molecule has 3 aromatic rings. The van der Waals surface area contributed by atoms with Gasteiger partial charge in [0.05, 0.1) is 6.10 Å². The van der Waals surface area contributed by atoms with Crippen LogP contribution in [0.15, 0.2) is 78.9 Å². The summed E-state index contributed by atoms with van der Waals surface area (Å²) >= 11 is 0. The molecule has 0 heterocycles. The van der Waals surface area contributed by atoms with Crippen LogP contribution in [0.3, 0.4) is 0 Å². The zero-order valence-corrected chi connectivity index (χ0v) is 14.4. The molecule has 1 N–H and O–H groups in total. The number of nitrogens with one attached hydrogen (secondary N) is 1. The number of benzene rings is 3. The van der Waals surface area contributed by atoms with Crippen molar-refractivity contribution in [3.8, 4) is 16.9 Å². The third-order valence-electron chi connectivity index (χ3n) is 3.73. The molecule has 3 rings (SSSR count). The van der Waals surface area contributed by atoms with Gasteiger partial charge in [0, 0.05) is 16.8 Å². The Kier molecular flexibility index (Phi) is 5.14. The topological polar surface area (TPSA) is 38.3 Å². The van der Waals surface area contributed by atoms with Crippen LogP contribution in [0.4, 0.5) is 5.69 Å². The standard InChI is InChI=1S/C22H21NO2/c1-16(2)25-19-12-8-11-18(15-19)22(24)23-21-14-7-6-13-20(21)17-9-4-3-5-10-17/h3-16H,1-2H3,(H,23,24). The molecule has 0 aliphatic carbocycles. The van der Waals surface area contributed by atoms with E-state index >= 15 is 0 Å². The number of hydrogen-bond donors (Lipinski definition) is 1. The SMILES string of the molecule is CC(C)Oc1cccc(C(=O)Nc2ccccc2-c2ccccc2)c1. The fourth-order valence-electron chi connectivity index (χ4n) is 2.64. The molecule has 3 aromatic carbocycles. The molecule has 0 saturated heterocycles. The second kappa shape index (κ2) is 7.67. The highest BCUT2D eigenvalue weighted by molar-refractivity contribution is 6.06. The van der Waals surface area contributed by atoms with E-state index in [9.17, 15) is 4.79 Å². The van der Waals surface area contributed by atoms with Crippen LogP contribution in [-0.4, -0.2) is 12.0 Å². The maximum absolute atomic E-state index is 12.7. The van der Waals surface area contributed by atoms with Crippen molar-refractivity contribution >= 4 is 11.6 Å². The lowest BCUT2D eigenvalue weighted by Crippen LogP contribution is -2.13. The number of amides is 1. The minimum absolute atomic E-state index is 0.0668. The van der Waals surface area contributed by atoms with E-state index in [2.05, 4.69) is 5.32 Å². The summed E-state index contributed by atoms with van der Waals surface area (Å²) in [6.45, 7) is 3.92. The van der Waals surface area contributed by atoms with Gasteiger partial charge in [-0.1, -0.05) is 54.6 Å². The molecule has 0 spiro atoms. The molecular formula is C22H21NO2. The molecule has 3 heteroatoms. The molecule has 126 valence electrons. The first-order valence-electron chi connectivity index (χ1n) is 8.36. The van der Waals surface area contributed by atoms with Crippen LogP contribution < -0.4 is 10.1 Å². The Labute approximate surface area is 148 Å². The average molecular weight is 331 g/mol. The summed E-state index contributed by atoms with van der Waals surface area (Å²) in [7, 11) is 0. The Hall–Kier alpha value is -3.07. The number of ether oxygens (including phenoxy) is 1. The Balaban J connectivity index is 1.85. The van der Waals surface area contributed by atoms with Gasteiger partial charge in [0.15, 0.2) is 0 Å². The van der Waals surface area contributed by atoms with Gasteiger partial charge >= 0.3 is 0 Å². The van der Waals surface area contributed by atoms with E-state index in [0.29, 0.717) is 11.3 Å². The van der Waals surface area contributed by atoms with Crippen LogP contribution in [0.2, 0.25) is 0 Å². The third-order valence-corrected chi connectivity index (χ3v) is 3.73. The van der Waals surface area contributed by atoms with Crippen molar-refractivity contribution in [1.29, 1.82) is 0 Å². The average Bonchev–Trinajstić information content (AvgIpc) is 2.62. The van der Waals surface area contributed by atoms with Crippen molar-refractivity contribution in [2.24, 2.45) is 0 Å². The lowest BCUT2D eigenvalue weighted by Gasteiger charge is -2.13. The first kappa shape index (κ1) is 16.8. The summed E-state index contributed by atoms with van der Waals surface area (Å²) in [6.07, 6.45) is 0.0668. The smallest absolute Gasteiger partial charge is 0.255 e. The molecule has 0 atom stereocenters. The monoisotopic (exact) mass is 331 g/mol. The number of hydrogen-bond acceptors (Lipinski definition) is 2. The molecule has 0 aliphatic heterocycles. The van der Waals surface area contributed by atoms with Gasteiger partial charge in [0.25, 0.3) is 5.91 Å². The molecule has 0 fully saturated rings. The molecule has 0 saturated carbocycles. The van der Waals surface area contributed by atoms with Gasteiger partial charge in [-0.05, 0) is 43.7 Å². The lowest BCUT2D eigenvalue weighted by atomic mass is 10.0. The molecule has 0 radical (unpaired) electrons. The maximum atomic E-state index is 12.7. The predicted molar refractivity (Wildman–Crippen MR) is 102 cm³/mol. The van der Waals surface area contributed by atoms with Gasteiger partial charge in [0.2, 0.25) is 0 Å². The van der Waals surface area contributed by atoms with Crippen molar-refractivity contribution in [3.63, 3.8) is 0 Å². The minimum atomic E-state index is -0.155. The normalized spacial score (nSPS) is 10.5. The molecule has 1 amide bonds. The maximum Gasteiger partial charge on any atom is 0.255 e. The van der Waals surface area contributed by atoms with Crippen molar-refractivity contribution in [3.05, 3.63) is 84.4 Å². The van der Waals surface area contributed by atoms with E-state index in [0.717, 1.165) is 16.8 Å². The summed E-state index contributed by atoms with van der Waals surface area (Å²) < 4.78 is 5.67. The zero-order chi connectivity index (χ0) is 17.6. The summed E-state index contributed by atoms with van der Waals surface area (Å²) in [5, 5.41) is 3.01. The molecule has 0 aliphatic rings. The molecule has 3 nitrogen and oxygen atoms in total. The summed E-state index contributed by atoms with van der Waals surface area (Å²) in [5.41, 5.74) is 3.41. The fourth-order valence-corrected chi connectivity index (χ4v) is 2.64. The zero-order valence-electron chi connectivity index (χ0n) is 14.4. The lowest BCUT2D eigenvalue weighted by molar-refractivity contribution is 0.102. The second-order valence-electron chi connectivity index (χ2n) is 6.06. The predicted octanol–water partition coefficient (Wildman–Crippen LogP) is 5.39. The third kappa shape index (κ3) is 4.27. The van der Waals surface area contributed by atoms with Gasteiger partial charge in [-0.15, -0.1) is 0 Å². The summed E-state index contributed by atoms with van der Waals surface area (Å²) in [4.78, 5) is 12.7. The van der Waals surface area contributed by atoms with Crippen LogP contribution in [0.1, 0.15) is 24.2 Å². The van der Waals surface area contributed by atoms with E-state index in [1.165, 1.54) is 0 Å². The van der Waals surface area contributed by atoms with Crippen LogP contribution in [0, 0.1) is 0 Å². The number of anilines is 1. The van der Waals surface area contributed by atoms with Crippen LogP contribution in [0.5, 0.6) is 5.75 Å². The van der Waals surface area contributed by atoms with E-state index < -0.39 is 0 Å². The number of para-hydroxylation sites is 1.